The van der Waals surface area contributed by atoms with Crippen LogP contribution in [0.3, 0.4) is 0 Å². The van der Waals surface area contributed by atoms with E-state index in [9.17, 15) is 9.90 Å². The zero-order chi connectivity index (χ0) is 11.3. The molecule has 0 aliphatic heterocycles. The molecule has 1 amide bonds. The van der Waals surface area contributed by atoms with Gasteiger partial charge in [0.1, 0.15) is 5.75 Å². The van der Waals surface area contributed by atoms with Gasteiger partial charge in [-0.15, -0.1) is 0 Å². The first-order chi connectivity index (χ1) is 7.15. The van der Waals surface area contributed by atoms with Gasteiger partial charge < -0.3 is 15.7 Å². The highest BCUT2D eigenvalue weighted by atomic mass is 16.3. The molecule has 1 aromatic rings. The fourth-order valence-electron chi connectivity index (χ4n) is 1.28. The van der Waals surface area contributed by atoms with Crippen LogP contribution in [0.2, 0.25) is 0 Å². The van der Waals surface area contributed by atoms with Crippen LogP contribution in [-0.2, 0) is 11.2 Å². The van der Waals surface area contributed by atoms with Gasteiger partial charge in [0.05, 0.1) is 6.42 Å². The lowest BCUT2D eigenvalue weighted by atomic mass is 10.1. The summed E-state index contributed by atoms with van der Waals surface area (Å²) in [6.07, 6.45) is 0.211. The largest absolute Gasteiger partial charge is 0.508 e. The van der Waals surface area contributed by atoms with E-state index in [4.69, 9.17) is 5.73 Å². The Morgan fingerprint density at radius 3 is 2.73 bits per heavy atom. The number of carbonyl (C=O) groups is 1. The number of aromatic hydroxyl groups is 1. The van der Waals surface area contributed by atoms with Crippen molar-refractivity contribution < 1.29 is 9.90 Å². The van der Waals surface area contributed by atoms with Crippen LogP contribution in [0.5, 0.6) is 5.75 Å². The summed E-state index contributed by atoms with van der Waals surface area (Å²) in [7, 11) is 1.70. The van der Waals surface area contributed by atoms with Crippen LogP contribution in [0, 0.1) is 0 Å². The fourth-order valence-corrected chi connectivity index (χ4v) is 1.28. The van der Waals surface area contributed by atoms with Crippen LogP contribution in [0.15, 0.2) is 24.3 Å². The first kappa shape index (κ1) is 11.5. The van der Waals surface area contributed by atoms with Gasteiger partial charge in [0.25, 0.3) is 0 Å². The number of carbonyl (C=O) groups excluding carboxylic acids is 1. The minimum absolute atomic E-state index is 0.0399. The number of rotatable bonds is 4. The van der Waals surface area contributed by atoms with Crippen LogP contribution >= 0.6 is 0 Å². The molecule has 0 aliphatic rings. The van der Waals surface area contributed by atoms with E-state index in [0.717, 1.165) is 0 Å². The Morgan fingerprint density at radius 2 is 2.13 bits per heavy atom. The fraction of sp³-hybridized carbons (Fsp3) is 0.364. The van der Waals surface area contributed by atoms with Crippen LogP contribution in [0.1, 0.15) is 5.56 Å². The average molecular weight is 208 g/mol. The van der Waals surface area contributed by atoms with Gasteiger partial charge in [-0.05, 0) is 6.07 Å². The highest BCUT2D eigenvalue weighted by Gasteiger charge is 2.10. The molecule has 0 bridgehead atoms. The lowest BCUT2D eigenvalue weighted by Gasteiger charge is -2.16. The van der Waals surface area contributed by atoms with Crippen molar-refractivity contribution in [3.8, 4) is 5.75 Å². The minimum Gasteiger partial charge on any atom is -0.508 e. The molecule has 0 radical (unpaired) electrons. The van der Waals surface area contributed by atoms with E-state index in [1.54, 1.807) is 36.2 Å². The normalized spacial score (nSPS) is 10.0. The predicted molar refractivity (Wildman–Crippen MR) is 58.5 cm³/mol. The molecular formula is C11H16N2O2. The molecule has 15 heavy (non-hydrogen) atoms. The molecule has 0 aromatic heterocycles. The molecule has 3 N–H and O–H groups in total. The third-order valence-electron chi connectivity index (χ3n) is 2.22. The lowest BCUT2D eigenvalue weighted by molar-refractivity contribution is -0.129. The molecule has 0 spiro atoms. The molecule has 1 aromatic carbocycles. The molecule has 82 valence electrons. The summed E-state index contributed by atoms with van der Waals surface area (Å²) in [5.41, 5.74) is 5.99. The summed E-state index contributed by atoms with van der Waals surface area (Å²) in [4.78, 5) is 13.2. The molecule has 0 saturated heterocycles. The first-order valence-electron chi connectivity index (χ1n) is 4.86. The zero-order valence-electron chi connectivity index (χ0n) is 8.81. The summed E-state index contributed by atoms with van der Waals surface area (Å²) in [6.45, 7) is 0.982. The summed E-state index contributed by atoms with van der Waals surface area (Å²) < 4.78 is 0. The molecule has 0 fully saturated rings. The van der Waals surface area contributed by atoms with Crippen molar-refractivity contribution in [1.82, 2.24) is 4.90 Å². The predicted octanol–water partition coefficient (Wildman–Crippen LogP) is 0.352. The monoisotopic (exact) mass is 208 g/mol. The van der Waals surface area contributed by atoms with E-state index < -0.39 is 0 Å². The van der Waals surface area contributed by atoms with Gasteiger partial charge in [0.15, 0.2) is 0 Å². The number of likely N-dealkylation sites (N-methyl/N-ethyl adjacent to an activating group) is 1. The average Bonchev–Trinajstić information content (AvgIpc) is 2.21. The first-order valence-corrected chi connectivity index (χ1v) is 4.86. The topological polar surface area (TPSA) is 66.6 Å². The summed E-state index contributed by atoms with van der Waals surface area (Å²) >= 11 is 0. The van der Waals surface area contributed by atoms with Crippen LogP contribution < -0.4 is 5.73 Å². The molecule has 0 saturated carbocycles. The van der Waals surface area contributed by atoms with Crippen molar-refractivity contribution in [2.75, 3.05) is 20.1 Å². The van der Waals surface area contributed by atoms with Crippen LogP contribution in [0.4, 0.5) is 0 Å². The number of nitrogens with two attached hydrogens (primary N) is 1. The van der Waals surface area contributed by atoms with Gasteiger partial charge >= 0.3 is 0 Å². The second kappa shape index (κ2) is 5.36. The standard InChI is InChI=1S/C11H16N2O2/c1-13(7-6-12)11(15)8-9-4-2-3-5-10(9)14/h2-5,14H,6-8,12H2,1H3. The van der Waals surface area contributed by atoms with Crippen LogP contribution in [0.25, 0.3) is 0 Å². The van der Waals surface area contributed by atoms with E-state index in [0.29, 0.717) is 18.7 Å². The number of hydrogen-bond donors (Lipinski definition) is 2. The molecule has 4 heteroatoms. The van der Waals surface area contributed by atoms with Gasteiger partial charge in [-0.25, -0.2) is 0 Å². The van der Waals surface area contributed by atoms with Crippen molar-refractivity contribution in [3.63, 3.8) is 0 Å². The Morgan fingerprint density at radius 1 is 1.47 bits per heavy atom. The lowest BCUT2D eigenvalue weighted by Crippen LogP contribution is -2.32. The maximum Gasteiger partial charge on any atom is 0.226 e. The Bertz CT molecular complexity index is 339. The summed E-state index contributed by atoms with van der Waals surface area (Å²) in [5.74, 6) is 0.119. The number of phenolic OH excluding ortho intramolecular Hbond substituents is 1. The van der Waals surface area contributed by atoms with Gasteiger partial charge in [0.2, 0.25) is 5.91 Å². The van der Waals surface area contributed by atoms with Gasteiger partial charge in [-0.3, -0.25) is 4.79 Å². The third-order valence-corrected chi connectivity index (χ3v) is 2.22. The Kier molecular flexibility index (Phi) is 4.12. The summed E-state index contributed by atoms with van der Waals surface area (Å²) in [5, 5.41) is 9.48. The minimum atomic E-state index is -0.0399. The van der Waals surface area contributed by atoms with Crippen molar-refractivity contribution in [2.24, 2.45) is 5.73 Å². The number of hydrogen-bond acceptors (Lipinski definition) is 3. The van der Waals surface area contributed by atoms with Crippen molar-refractivity contribution in [2.45, 2.75) is 6.42 Å². The molecule has 0 unspecified atom stereocenters. The highest BCUT2D eigenvalue weighted by molar-refractivity contribution is 5.79. The zero-order valence-corrected chi connectivity index (χ0v) is 8.81. The molecule has 4 nitrogen and oxygen atoms in total. The second-order valence-corrected chi connectivity index (χ2v) is 3.41. The third kappa shape index (κ3) is 3.25. The highest BCUT2D eigenvalue weighted by Crippen LogP contribution is 2.16. The van der Waals surface area contributed by atoms with Crippen LogP contribution in [-0.4, -0.2) is 36.1 Å². The number of nitrogens with zero attached hydrogens (tertiary/aromatic N) is 1. The van der Waals surface area contributed by atoms with Crippen molar-refractivity contribution >= 4 is 5.91 Å². The maximum atomic E-state index is 11.6. The molecule has 0 aliphatic carbocycles. The SMILES string of the molecule is CN(CCN)C(=O)Cc1ccccc1O. The quantitative estimate of drug-likeness (QED) is 0.750. The van der Waals surface area contributed by atoms with Gasteiger partial charge in [-0.1, -0.05) is 18.2 Å². The number of para-hydroxylation sites is 1. The second-order valence-electron chi connectivity index (χ2n) is 3.41. The Labute approximate surface area is 89.3 Å². The molecule has 0 heterocycles. The van der Waals surface area contributed by atoms with Crippen molar-refractivity contribution in [3.05, 3.63) is 29.8 Å². The smallest absolute Gasteiger partial charge is 0.226 e. The van der Waals surface area contributed by atoms with Gasteiger partial charge in [-0.2, -0.15) is 0 Å². The molecule has 0 atom stereocenters. The molecular weight excluding hydrogens is 192 g/mol. The summed E-state index contributed by atoms with van der Waals surface area (Å²) in [6, 6.07) is 6.84. The van der Waals surface area contributed by atoms with E-state index in [-0.39, 0.29) is 18.1 Å². The Hall–Kier alpha value is -1.55. The van der Waals surface area contributed by atoms with E-state index >= 15 is 0 Å². The number of amides is 1. The van der Waals surface area contributed by atoms with E-state index in [2.05, 4.69) is 0 Å². The maximum absolute atomic E-state index is 11.6. The number of phenols is 1. The van der Waals surface area contributed by atoms with E-state index in [1.807, 2.05) is 0 Å². The Balaban J connectivity index is 2.62. The number of benzene rings is 1. The van der Waals surface area contributed by atoms with E-state index in [1.165, 1.54) is 0 Å². The van der Waals surface area contributed by atoms with Gasteiger partial charge in [0, 0.05) is 25.7 Å². The molecule has 1 rings (SSSR count). The van der Waals surface area contributed by atoms with Crippen molar-refractivity contribution in [1.29, 1.82) is 0 Å².